The van der Waals surface area contributed by atoms with Crippen molar-refractivity contribution in [3.63, 3.8) is 0 Å². The fourth-order valence-electron chi connectivity index (χ4n) is 1.53. The Morgan fingerprint density at radius 2 is 1.94 bits per heavy atom. The molecule has 0 amide bonds. The van der Waals surface area contributed by atoms with E-state index in [9.17, 15) is 0 Å². The van der Waals surface area contributed by atoms with Crippen molar-refractivity contribution in [1.29, 1.82) is 0 Å². The van der Waals surface area contributed by atoms with Crippen LogP contribution in [-0.2, 0) is 0 Å². The van der Waals surface area contributed by atoms with Crippen molar-refractivity contribution < 1.29 is 0 Å². The maximum Gasteiger partial charge on any atom is 0.0633 e. The van der Waals surface area contributed by atoms with Gasteiger partial charge in [-0.1, -0.05) is 48.4 Å². The lowest BCUT2D eigenvalue weighted by molar-refractivity contribution is 1.48. The monoisotopic (exact) mass is 219 g/mol. The minimum atomic E-state index is 0.774. The van der Waals surface area contributed by atoms with Crippen LogP contribution in [-0.4, -0.2) is 5.71 Å². The molecule has 0 aliphatic heterocycles. The smallest absolute Gasteiger partial charge is 0.0633 e. The van der Waals surface area contributed by atoms with Crippen LogP contribution in [0, 0.1) is 0 Å². The van der Waals surface area contributed by atoms with Gasteiger partial charge in [0.1, 0.15) is 0 Å². The van der Waals surface area contributed by atoms with Crippen LogP contribution in [0.2, 0.25) is 0 Å². The summed E-state index contributed by atoms with van der Waals surface area (Å²) in [6, 6.07) is 9.95. The van der Waals surface area contributed by atoms with Crippen molar-refractivity contribution >= 4 is 11.4 Å². The van der Waals surface area contributed by atoms with E-state index < -0.39 is 0 Å². The van der Waals surface area contributed by atoms with Gasteiger partial charge in [-0.05, 0) is 30.7 Å². The van der Waals surface area contributed by atoms with E-state index in [0.29, 0.717) is 0 Å². The highest BCUT2D eigenvalue weighted by molar-refractivity contribution is 6.03. The highest BCUT2D eigenvalue weighted by atomic mass is 14.8. The minimum absolute atomic E-state index is 0.774. The van der Waals surface area contributed by atoms with Crippen molar-refractivity contribution in [2.45, 2.75) is 6.92 Å². The Labute approximate surface area is 102 Å². The molecule has 0 spiro atoms. The molecule has 1 aliphatic carbocycles. The Kier molecular flexibility index (Phi) is 3.37. The maximum absolute atomic E-state index is 4.51. The van der Waals surface area contributed by atoms with Crippen LogP contribution in [0.3, 0.4) is 0 Å². The lowest BCUT2D eigenvalue weighted by Gasteiger charge is -2.04. The molecule has 0 radical (unpaired) electrons. The van der Waals surface area contributed by atoms with Gasteiger partial charge in [-0.15, -0.1) is 0 Å². The van der Waals surface area contributed by atoms with E-state index in [2.05, 4.69) is 23.0 Å². The number of hydrogen-bond donors (Lipinski definition) is 0. The Bertz CT molecular complexity index is 588. The Morgan fingerprint density at radius 3 is 2.59 bits per heavy atom. The molecule has 0 saturated carbocycles. The van der Waals surface area contributed by atoms with E-state index in [0.717, 1.165) is 22.5 Å². The molecule has 0 atom stereocenters. The van der Waals surface area contributed by atoms with Gasteiger partial charge in [-0.2, -0.15) is 0 Å². The van der Waals surface area contributed by atoms with Crippen molar-refractivity contribution in [3.05, 3.63) is 77.7 Å². The van der Waals surface area contributed by atoms with Gasteiger partial charge in [0.15, 0.2) is 0 Å². The van der Waals surface area contributed by atoms with Crippen molar-refractivity contribution in [3.8, 4) is 0 Å². The molecule has 0 fully saturated rings. The summed E-state index contributed by atoms with van der Waals surface area (Å²) in [6.45, 7) is 5.95. The van der Waals surface area contributed by atoms with Gasteiger partial charge in [0.2, 0.25) is 0 Å². The summed E-state index contributed by atoms with van der Waals surface area (Å²) in [6.07, 6.45) is 5.67. The molecule has 82 valence electrons. The van der Waals surface area contributed by atoms with E-state index in [1.165, 1.54) is 0 Å². The normalized spacial score (nSPS) is 13.7. The summed E-state index contributed by atoms with van der Waals surface area (Å²) in [5.41, 5.74) is 9.58. The zero-order valence-corrected chi connectivity index (χ0v) is 9.77. The van der Waals surface area contributed by atoms with Gasteiger partial charge in [0, 0.05) is 11.3 Å². The van der Waals surface area contributed by atoms with Crippen LogP contribution in [0.25, 0.3) is 5.70 Å². The molecule has 0 heterocycles. The molecule has 1 aliphatic rings. The summed E-state index contributed by atoms with van der Waals surface area (Å²) in [5.74, 6) is 0. The van der Waals surface area contributed by atoms with Crippen LogP contribution in [0.15, 0.2) is 77.2 Å². The third-order valence-electron chi connectivity index (χ3n) is 2.48. The second-order valence-electron chi connectivity index (χ2n) is 3.73. The van der Waals surface area contributed by atoms with E-state index in [1.807, 2.05) is 55.5 Å². The predicted molar refractivity (Wildman–Crippen MR) is 72.8 cm³/mol. The van der Waals surface area contributed by atoms with E-state index in [1.54, 1.807) is 0 Å². The standard InChI is InChI=1S/C16H13N/c1-13(15-9-5-3-6-10-15)17-14(2)16-11-7-4-8-12-16/h3,5-7,9-12H,1H2,2H3. The molecule has 1 aromatic carbocycles. The van der Waals surface area contributed by atoms with Crippen LogP contribution in [0.5, 0.6) is 0 Å². The van der Waals surface area contributed by atoms with Crippen LogP contribution in [0.4, 0.5) is 0 Å². The predicted octanol–water partition coefficient (Wildman–Crippen LogP) is 3.92. The molecule has 0 bridgehead atoms. The molecular formula is C16H13N. The topological polar surface area (TPSA) is 12.4 Å². The zero-order valence-electron chi connectivity index (χ0n) is 9.77. The summed E-state index contributed by atoms with van der Waals surface area (Å²) in [7, 11) is 0. The van der Waals surface area contributed by atoms with Crippen LogP contribution in [0.1, 0.15) is 12.5 Å². The highest BCUT2D eigenvalue weighted by Gasteiger charge is 2.00. The molecule has 0 unspecified atom stereocenters. The SMILES string of the molecule is C=C(N=C(C)C1=CC=C=C=C1)c1ccccc1. The number of aliphatic imine (C=N–C) groups is 1. The minimum Gasteiger partial charge on any atom is -0.253 e. The van der Waals surface area contributed by atoms with Gasteiger partial charge >= 0.3 is 0 Å². The van der Waals surface area contributed by atoms with Gasteiger partial charge in [-0.25, -0.2) is 0 Å². The first kappa shape index (κ1) is 11.2. The fourth-order valence-corrected chi connectivity index (χ4v) is 1.53. The third kappa shape index (κ3) is 2.83. The molecule has 1 heteroatoms. The average Bonchev–Trinajstić information content (AvgIpc) is 2.40. The number of allylic oxidation sites excluding steroid dienone is 4. The molecule has 2 rings (SSSR count). The number of hydrogen-bond acceptors (Lipinski definition) is 1. The number of benzene rings is 1. The van der Waals surface area contributed by atoms with E-state index in [4.69, 9.17) is 0 Å². The second kappa shape index (κ2) is 5.14. The first-order valence-electron chi connectivity index (χ1n) is 5.45. The summed E-state index contributed by atoms with van der Waals surface area (Å²) in [4.78, 5) is 4.51. The first-order chi connectivity index (χ1) is 8.27. The summed E-state index contributed by atoms with van der Waals surface area (Å²) in [5, 5.41) is 0. The van der Waals surface area contributed by atoms with Gasteiger partial charge < -0.3 is 0 Å². The third-order valence-corrected chi connectivity index (χ3v) is 2.48. The zero-order chi connectivity index (χ0) is 12.1. The largest absolute Gasteiger partial charge is 0.253 e. The maximum atomic E-state index is 4.51. The van der Waals surface area contributed by atoms with Crippen molar-refractivity contribution in [2.24, 2.45) is 4.99 Å². The van der Waals surface area contributed by atoms with Gasteiger partial charge in [-0.3, -0.25) is 4.99 Å². The van der Waals surface area contributed by atoms with Crippen LogP contribution < -0.4 is 0 Å². The lowest BCUT2D eigenvalue weighted by atomic mass is 10.1. The summed E-state index contributed by atoms with van der Waals surface area (Å²) < 4.78 is 0. The van der Waals surface area contributed by atoms with Gasteiger partial charge in [0.25, 0.3) is 0 Å². The molecule has 0 saturated heterocycles. The Hall–Kier alpha value is -2.33. The van der Waals surface area contributed by atoms with E-state index in [-0.39, 0.29) is 0 Å². The molecule has 17 heavy (non-hydrogen) atoms. The first-order valence-corrected chi connectivity index (χ1v) is 5.45. The Morgan fingerprint density at radius 1 is 1.18 bits per heavy atom. The van der Waals surface area contributed by atoms with Crippen LogP contribution >= 0.6 is 0 Å². The van der Waals surface area contributed by atoms with Crippen molar-refractivity contribution in [2.75, 3.05) is 0 Å². The molecule has 0 aromatic heterocycles. The molecule has 1 nitrogen and oxygen atoms in total. The molecule has 1 aromatic rings. The highest BCUT2D eigenvalue weighted by Crippen LogP contribution is 2.15. The summed E-state index contributed by atoms with van der Waals surface area (Å²) >= 11 is 0. The van der Waals surface area contributed by atoms with Crippen molar-refractivity contribution in [1.82, 2.24) is 0 Å². The number of rotatable bonds is 3. The molecular weight excluding hydrogens is 206 g/mol. The Balaban J connectivity index is 2.21. The van der Waals surface area contributed by atoms with Gasteiger partial charge in [0.05, 0.1) is 5.70 Å². The fraction of sp³-hybridized carbons (Fsp3) is 0.0625. The molecule has 0 N–H and O–H groups in total. The average molecular weight is 219 g/mol. The number of nitrogens with zero attached hydrogens (tertiary/aromatic N) is 1. The second-order valence-corrected chi connectivity index (χ2v) is 3.73. The quantitative estimate of drug-likeness (QED) is 0.539. The lowest BCUT2D eigenvalue weighted by Crippen LogP contribution is -1.95. The van der Waals surface area contributed by atoms with E-state index >= 15 is 0 Å².